The van der Waals surface area contributed by atoms with Crippen molar-refractivity contribution >= 4 is 41.3 Å². The van der Waals surface area contributed by atoms with E-state index in [1.165, 1.54) is 4.88 Å². The number of esters is 1. The van der Waals surface area contributed by atoms with Crippen LogP contribution in [0.3, 0.4) is 0 Å². The monoisotopic (exact) mass is 371 g/mol. The van der Waals surface area contributed by atoms with Crippen molar-refractivity contribution in [3.8, 4) is 0 Å². The van der Waals surface area contributed by atoms with Crippen LogP contribution in [0, 0.1) is 0 Å². The van der Waals surface area contributed by atoms with Gasteiger partial charge in [-0.2, -0.15) is 0 Å². The van der Waals surface area contributed by atoms with Crippen molar-refractivity contribution in [1.29, 1.82) is 0 Å². The SMILES string of the molecule is CCOC(=O)C1c2ccsc2CCN1Cc1ccccc1Cl.Cl. The maximum atomic E-state index is 12.5. The van der Waals surface area contributed by atoms with E-state index < -0.39 is 0 Å². The Morgan fingerprint density at radius 1 is 1.39 bits per heavy atom. The molecule has 0 aliphatic carbocycles. The molecular weight excluding hydrogens is 353 g/mol. The van der Waals surface area contributed by atoms with Crippen molar-refractivity contribution in [1.82, 2.24) is 4.90 Å². The number of rotatable bonds is 4. The van der Waals surface area contributed by atoms with E-state index >= 15 is 0 Å². The lowest BCUT2D eigenvalue weighted by molar-refractivity contribution is -0.150. The van der Waals surface area contributed by atoms with Crippen LogP contribution in [0.25, 0.3) is 0 Å². The molecule has 23 heavy (non-hydrogen) atoms. The Hall–Kier alpha value is -1.07. The molecule has 2 heterocycles. The maximum Gasteiger partial charge on any atom is 0.328 e. The largest absolute Gasteiger partial charge is 0.465 e. The second-order valence-corrected chi connectivity index (χ2v) is 6.67. The van der Waals surface area contributed by atoms with Gasteiger partial charge in [0.05, 0.1) is 6.61 Å². The number of thiophene rings is 1. The van der Waals surface area contributed by atoms with E-state index in [4.69, 9.17) is 16.3 Å². The smallest absolute Gasteiger partial charge is 0.328 e. The lowest BCUT2D eigenvalue weighted by atomic mass is 9.99. The predicted octanol–water partition coefficient (Wildman–Crippen LogP) is 4.49. The minimum Gasteiger partial charge on any atom is -0.465 e. The third kappa shape index (κ3) is 3.89. The summed E-state index contributed by atoms with van der Waals surface area (Å²) in [5.41, 5.74) is 2.12. The van der Waals surface area contributed by atoms with Gasteiger partial charge in [-0.3, -0.25) is 4.90 Å². The summed E-state index contributed by atoms with van der Waals surface area (Å²) in [4.78, 5) is 15.9. The molecule has 2 aromatic rings. The van der Waals surface area contributed by atoms with E-state index in [0.717, 1.165) is 29.1 Å². The van der Waals surface area contributed by atoms with E-state index in [1.54, 1.807) is 11.3 Å². The molecule has 0 radical (unpaired) electrons. The first-order valence-electron chi connectivity index (χ1n) is 7.41. The zero-order chi connectivity index (χ0) is 15.5. The van der Waals surface area contributed by atoms with Crippen molar-refractivity contribution in [3.63, 3.8) is 0 Å². The summed E-state index contributed by atoms with van der Waals surface area (Å²) in [5.74, 6) is -0.172. The number of fused-ring (bicyclic) bond motifs is 1. The van der Waals surface area contributed by atoms with E-state index in [9.17, 15) is 4.79 Å². The third-order valence-electron chi connectivity index (χ3n) is 3.91. The first-order valence-corrected chi connectivity index (χ1v) is 8.66. The molecule has 0 amide bonds. The molecule has 0 N–H and O–H groups in total. The van der Waals surface area contributed by atoms with Gasteiger partial charge in [-0.15, -0.1) is 23.7 Å². The number of carbonyl (C=O) groups is 1. The molecule has 0 bridgehead atoms. The van der Waals surface area contributed by atoms with Gasteiger partial charge < -0.3 is 4.74 Å². The van der Waals surface area contributed by atoms with Gasteiger partial charge in [-0.25, -0.2) is 4.79 Å². The number of ether oxygens (including phenoxy) is 1. The highest BCUT2D eigenvalue weighted by Gasteiger charge is 2.34. The Kier molecular flexibility index (Phi) is 6.48. The van der Waals surface area contributed by atoms with Gasteiger partial charge in [0.2, 0.25) is 0 Å². The maximum absolute atomic E-state index is 12.5. The second kappa shape index (κ2) is 8.15. The molecule has 1 unspecified atom stereocenters. The van der Waals surface area contributed by atoms with Gasteiger partial charge in [0.15, 0.2) is 0 Å². The van der Waals surface area contributed by atoms with Gasteiger partial charge in [-0.1, -0.05) is 29.8 Å². The minimum atomic E-state index is -0.328. The van der Waals surface area contributed by atoms with E-state index in [0.29, 0.717) is 13.2 Å². The lowest BCUT2D eigenvalue weighted by Crippen LogP contribution is -2.39. The average molecular weight is 372 g/mol. The van der Waals surface area contributed by atoms with E-state index in [-0.39, 0.29) is 24.4 Å². The zero-order valence-corrected chi connectivity index (χ0v) is 15.2. The molecule has 1 aliphatic heterocycles. The van der Waals surface area contributed by atoms with Crippen LogP contribution in [-0.4, -0.2) is 24.0 Å². The standard InChI is InChI=1S/C17H18ClNO2S.ClH/c1-2-21-17(20)16-13-8-10-22-15(13)7-9-19(16)11-12-5-3-4-6-14(12)18;/h3-6,8,10,16H,2,7,9,11H2,1H3;1H. The topological polar surface area (TPSA) is 29.5 Å². The quantitative estimate of drug-likeness (QED) is 0.741. The molecule has 0 saturated carbocycles. The number of benzene rings is 1. The summed E-state index contributed by atoms with van der Waals surface area (Å²) in [6.07, 6.45) is 0.966. The van der Waals surface area contributed by atoms with Crippen LogP contribution < -0.4 is 0 Å². The van der Waals surface area contributed by atoms with E-state index in [1.807, 2.05) is 37.3 Å². The van der Waals surface area contributed by atoms with Crippen LogP contribution in [0.15, 0.2) is 35.7 Å². The first-order chi connectivity index (χ1) is 10.7. The zero-order valence-electron chi connectivity index (χ0n) is 12.8. The molecule has 1 aromatic heterocycles. The fourth-order valence-corrected chi connectivity index (χ4v) is 3.98. The van der Waals surface area contributed by atoms with E-state index in [2.05, 4.69) is 10.3 Å². The Bertz CT molecular complexity index is 674. The lowest BCUT2D eigenvalue weighted by Gasteiger charge is -2.34. The molecule has 3 nitrogen and oxygen atoms in total. The predicted molar refractivity (Wildman–Crippen MR) is 96.5 cm³/mol. The Morgan fingerprint density at radius 2 is 2.17 bits per heavy atom. The molecule has 124 valence electrons. The van der Waals surface area contributed by atoms with Crippen molar-refractivity contribution in [3.05, 3.63) is 56.7 Å². The van der Waals surface area contributed by atoms with Crippen LogP contribution in [0.1, 0.15) is 29.0 Å². The highest BCUT2D eigenvalue weighted by molar-refractivity contribution is 7.10. The normalized spacial score (nSPS) is 17.2. The Balaban J connectivity index is 0.00000192. The fourth-order valence-electron chi connectivity index (χ4n) is 2.88. The summed E-state index contributed by atoms with van der Waals surface area (Å²) in [7, 11) is 0. The summed E-state index contributed by atoms with van der Waals surface area (Å²) < 4.78 is 5.30. The minimum absolute atomic E-state index is 0. The molecule has 0 fully saturated rings. The first kappa shape index (κ1) is 18.3. The molecule has 0 saturated heterocycles. The summed E-state index contributed by atoms with van der Waals surface area (Å²) in [6, 6.07) is 9.50. The summed E-state index contributed by atoms with van der Waals surface area (Å²) in [6.45, 7) is 3.73. The van der Waals surface area contributed by atoms with Gasteiger partial charge in [0.25, 0.3) is 0 Å². The molecule has 3 rings (SSSR count). The average Bonchev–Trinajstić information content (AvgIpc) is 2.98. The number of nitrogens with zero attached hydrogens (tertiary/aromatic N) is 1. The van der Waals surface area contributed by atoms with Crippen molar-refractivity contribution < 1.29 is 9.53 Å². The molecule has 1 aromatic carbocycles. The van der Waals surface area contributed by atoms with Crippen LogP contribution in [0.5, 0.6) is 0 Å². The number of carbonyl (C=O) groups excluding carboxylic acids is 1. The molecular formula is C17H19Cl2NO2S. The number of halogens is 2. The Labute approximate surface area is 151 Å². The van der Waals surface area contributed by atoms with Crippen molar-refractivity contribution in [2.24, 2.45) is 0 Å². The fraction of sp³-hybridized carbons (Fsp3) is 0.353. The Morgan fingerprint density at radius 3 is 2.91 bits per heavy atom. The van der Waals surface area contributed by atoms with Crippen LogP contribution in [0.4, 0.5) is 0 Å². The van der Waals surface area contributed by atoms with Gasteiger partial charge >= 0.3 is 5.97 Å². The molecule has 1 atom stereocenters. The van der Waals surface area contributed by atoms with Gasteiger partial charge in [0, 0.05) is 23.0 Å². The van der Waals surface area contributed by atoms with Crippen LogP contribution in [-0.2, 0) is 22.5 Å². The van der Waals surface area contributed by atoms with Crippen LogP contribution in [0.2, 0.25) is 5.02 Å². The van der Waals surface area contributed by atoms with Gasteiger partial charge in [0.1, 0.15) is 6.04 Å². The third-order valence-corrected chi connectivity index (χ3v) is 5.27. The molecule has 6 heteroatoms. The number of hydrogen-bond acceptors (Lipinski definition) is 4. The molecule has 0 spiro atoms. The van der Waals surface area contributed by atoms with Crippen LogP contribution >= 0.6 is 35.3 Å². The van der Waals surface area contributed by atoms with Gasteiger partial charge in [-0.05, 0) is 42.0 Å². The highest BCUT2D eigenvalue weighted by Crippen LogP contribution is 2.35. The number of hydrogen-bond donors (Lipinski definition) is 0. The summed E-state index contributed by atoms with van der Waals surface area (Å²) >= 11 is 7.99. The van der Waals surface area contributed by atoms with Crippen molar-refractivity contribution in [2.45, 2.75) is 25.9 Å². The molecule has 1 aliphatic rings. The second-order valence-electron chi connectivity index (χ2n) is 5.27. The summed E-state index contributed by atoms with van der Waals surface area (Å²) in [5, 5.41) is 2.79. The highest BCUT2D eigenvalue weighted by atomic mass is 35.5. The van der Waals surface area contributed by atoms with Crippen molar-refractivity contribution in [2.75, 3.05) is 13.2 Å².